The Morgan fingerprint density at radius 2 is 2.00 bits per heavy atom. The lowest BCUT2D eigenvalue weighted by Crippen LogP contribution is -2.39. The molecule has 12 heavy (non-hydrogen) atoms. The molecule has 2 nitrogen and oxygen atoms in total. The molecule has 0 unspecified atom stereocenters. The minimum atomic E-state index is 0.897. The van der Waals surface area contributed by atoms with Crippen molar-refractivity contribution in [2.75, 3.05) is 19.6 Å². The van der Waals surface area contributed by atoms with Gasteiger partial charge in [-0.15, -0.1) is 0 Å². The Labute approximate surface area is 81.3 Å². The maximum Gasteiger partial charge on any atom is 0.168 e. The molecule has 0 aromatic rings. The van der Waals surface area contributed by atoms with Crippen molar-refractivity contribution in [3.63, 3.8) is 0 Å². The smallest absolute Gasteiger partial charge is 0.168 e. The monoisotopic (exact) mass is 188 g/mol. The molecule has 0 heterocycles. The molecule has 0 amide bonds. The van der Waals surface area contributed by atoms with E-state index in [1.165, 1.54) is 12.8 Å². The van der Waals surface area contributed by atoms with E-state index in [4.69, 9.17) is 12.2 Å². The van der Waals surface area contributed by atoms with Crippen LogP contribution < -0.4 is 5.32 Å². The average molecular weight is 188 g/mol. The fraction of sp³-hybridized carbons (Fsp3) is 0.889. The van der Waals surface area contributed by atoms with E-state index in [-0.39, 0.29) is 0 Å². The fourth-order valence-corrected chi connectivity index (χ4v) is 1.38. The zero-order chi connectivity index (χ0) is 9.40. The standard InChI is InChI=1S/C9H20N2S/c1-4-7-8-11(6-3)9(12)10-5-2/h4-8H2,1-3H3,(H,10,12). The highest BCUT2D eigenvalue weighted by Gasteiger charge is 2.03. The molecule has 0 rings (SSSR count). The second kappa shape index (κ2) is 7.35. The molecule has 1 N–H and O–H groups in total. The number of rotatable bonds is 5. The zero-order valence-corrected chi connectivity index (χ0v) is 9.21. The van der Waals surface area contributed by atoms with E-state index < -0.39 is 0 Å². The van der Waals surface area contributed by atoms with Gasteiger partial charge >= 0.3 is 0 Å². The number of nitrogens with one attached hydrogen (secondary N) is 1. The summed E-state index contributed by atoms with van der Waals surface area (Å²) in [5.41, 5.74) is 0. The Morgan fingerprint density at radius 1 is 1.33 bits per heavy atom. The molecule has 3 heteroatoms. The molecule has 0 bridgehead atoms. The summed E-state index contributed by atoms with van der Waals surface area (Å²) in [5, 5.41) is 4.06. The van der Waals surface area contributed by atoms with Gasteiger partial charge in [0.1, 0.15) is 0 Å². The molecule has 72 valence electrons. The second-order valence-corrected chi connectivity index (χ2v) is 3.16. The van der Waals surface area contributed by atoms with Crippen LogP contribution in [0.3, 0.4) is 0 Å². The Kier molecular flexibility index (Phi) is 7.16. The van der Waals surface area contributed by atoms with Crippen LogP contribution in [0.4, 0.5) is 0 Å². The van der Waals surface area contributed by atoms with Gasteiger partial charge < -0.3 is 10.2 Å². The lowest BCUT2D eigenvalue weighted by molar-refractivity contribution is 0.422. The van der Waals surface area contributed by atoms with Crippen LogP contribution in [0.2, 0.25) is 0 Å². The van der Waals surface area contributed by atoms with Gasteiger partial charge in [0.15, 0.2) is 5.11 Å². The maximum absolute atomic E-state index is 5.20. The van der Waals surface area contributed by atoms with Crippen molar-refractivity contribution in [2.45, 2.75) is 33.6 Å². The fourth-order valence-electron chi connectivity index (χ4n) is 1.02. The predicted octanol–water partition coefficient (Wildman–Crippen LogP) is 2.00. The van der Waals surface area contributed by atoms with Crippen LogP contribution in [0.15, 0.2) is 0 Å². The highest BCUT2D eigenvalue weighted by molar-refractivity contribution is 7.80. The Morgan fingerprint density at radius 3 is 2.42 bits per heavy atom. The molecule has 0 radical (unpaired) electrons. The summed E-state index contributed by atoms with van der Waals surface area (Å²) in [6.45, 7) is 9.41. The van der Waals surface area contributed by atoms with Crippen LogP contribution in [-0.4, -0.2) is 29.6 Å². The van der Waals surface area contributed by atoms with Gasteiger partial charge in [0.2, 0.25) is 0 Å². The molecule has 0 aliphatic carbocycles. The van der Waals surface area contributed by atoms with E-state index >= 15 is 0 Å². The zero-order valence-electron chi connectivity index (χ0n) is 8.39. The lowest BCUT2D eigenvalue weighted by Gasteiger charge is -2.23. The van der Waals surface area contributed by atoms with Crippen LogP contribution in [-0.2, 0) is 0 Å². The molecular formula is C9H20N2S. The predicted molar refractivity (Wildman–Crippen MR) is 58.4 cm³/mol. The van der Waals surface area contributed by atoms with Crippen molar-refractivity contribution in [1.29, 1.82) is 0 Å². The van der Waals surface area contributed by atoms with Crippen molar-refractivity contribution < 1.29 is 0 Å². The number of nitrogens with zero attached hydrogens (tertiary/aromatic N) is 1. The average Bonchev–Trinajstić information content (AvgIpc) is 2.06. The van der Waals surface area contributed by atoms with Gasteiger partial charge in [0.05, 0.1) is 0 Å². The van der Waals surface area contributed by atoms with Gasteiger partial charge in [-0.25, -0.2) is 0 Å². The normalized spacial score (nSPS) is 9.58. The first-order chi connectivity index (χ1) is 5.76. The maximum atomic E-state index is 5.20. The summed E-state index contributed by atoms with van der Waals surface area (Å²) < 4.78 is 0. The van der Waals surface area contributed by atoms with Crippen molar-refractivity contribution in [2.24, 2.45) is 0 Å². The topological polar surface area (TPSA) is 15.3 Å². The highest BCUT2D eigenvalue weighted by atomic mass is 32.1. The first-order valence-electron chi connectivity index (χ1n) is 4.79. The quantitative estimate of drug-likeness (QED) is 0.664. The summed E-state index contributed by atoms with van der Waals surface area (Å²) in [5.74, 6) is 0. The number of hydrogen-bond donors (Lipinski definition) is 1. The Bertz CT molecular complexity index is 126. The van der Waals surface area contributed by atoms with Gasteiger partial charge in [-0.05, 0) is 32.5 Å². The minimum Gasteiger partial charge on any atom is -0.363 e. The summed E-state index contributed by atoms with van der Waals surface area (Å²) >= 11 is 5.20. The highest BCUT2D eigenvalue weighted by Crippen LogP contribution is 1.95. The molecule has 0 aromatic heterocycles. The molecule has 0 aliphatic rings. The van der Waals surface area contributed by atoms with Crippen LogP contribution in [0.25, 0.3) is 0 Å². The van der Waals surface area contributed by atoms with Crippen molar-refractivity contribution in [1.82, 2.24) is 10.2 Å². The summed E-state index contributed by atoms with van der Waals surface area (Å²) in [4.78, 5) is 2.21. The molecule has 0 aromatic carbocycles. The molecule has 0 fully saturated rings. The summed E-state index contributed by atoms with van der Waals surface area (Å²) in [7, 11) is 0. The molecule has 0 saturated carbocycles. The van der Waals surface area contributed by atoms with E-state index in [0.29, 0.717) is 0 Å². The van der Waals surface area contributed by atoms with Crippen LogP contribution in [0.1, 0.15) is 33.6 Å². The van der Waals surface area contributed by atoms with Crippen LogP contribution in [0.5, 0.6) is 0 Å². The Hall–Kier alpha value is -0.310. The lowest BCUT2D eigenvalue weighted by atomic mass is 10.3. The van der Waals surface area contributed by atoms with Crippen LogP contribution >= 0.6 is 12.2 Å². The van der Waals surface area contributed by atoms with Gasteiger partial charge in [-0.1, -0.05) is 13.3 Å². The number of hydrogen-bond acceptors (Lipinski definition) is 1. The third-order valence-electron chi connectivity index (χ3n) is 1.78. The van der Waals surface area contributed by atoms with Gasteiger partial charge in [-0.2, -0.15) is 0 Å². The SMILES string of the molecule is CCCCN(CC)C(=S)NCC. The molecular weight excluding hydrogens is 168 g/mol. The third-order valence-corrected chi connectivity index (χ3v) is 2.18. The number of thiocarbonyl (C=S) groups is 1. The van der Waals surface area contributed by atoms with Gasteiger partial charge in [-0.3, -0.25) is 0 Å². The Balaban J connectivity index is 3.71. The summed E-state index contributed by atoms with van der Waals surface area (Å²) in [6, 6.07) is 0. The van der Waals surface area contributed by atoms with E-state index in [2.05, 4.69) is 31.0 Å². The van der Waals surface area contributed by atoms with Gasteiger partial charge in [0.25, 0.3) is 0 Å². The van der Waals surface area contributed by atoms with Crippen LogP contribution in [0, 0.1) is 0 Å². The molecule has 0 aliphatic heterocycles. The van der Waals surface area contributed by atoms with Crippen molar-refractivity contribution >= 4 is 17.3 Å². The van der Waals surface area contributed by atoms with E-state index in [9.17, 15) is 0 Å². The van der Waals surface area contributed by atoms with Gasteiger partial charge in [0, 0.05) is 19.6 Å². The molecule has 0 atom stereocenters. The molecule has 0 spiro atoms. The number of unbranched alkanes of at least 4 members (excludes halogenated alkanes) is 1. The van der Waals surface area contributed by atoms with E-state index in [1.54, 1.807) is 0 Å². The van der Waals surface area contributed by atoms with Crippen molar-refractivity contribution in [3.05, 3.63) is 0 Å². The summed E-state index contributed by atoms with van der Waals surface area (Å²) in [6.07, 6.45) is 2.45. The first-order valence-corrected chi connectivity index (χ1v) is 5.19. The minimum absolute atomic E-state index is 0.897. The largest absolute Gasteiger partial charge is 0.363 e. The second-order valence-electron chi connectivity index (χ2n) is 2.77. The van der Waals surface area contributed by atoms with E-state index in [1.807, 2.05) is 0 Å². The molecule has 0 saturated heterocycles. The van der Waals surface area contributed by atoms with Crippen molar-refractivity contribution in [3.8, 4) is 0 Å². The van der Waals surface area contributed by atoms with E-state index in [0.717, 1.165) is 24.7 Å². The first kappa shape index (κ1) is 11.7. The third kappa shape index (κ3) is 4.54.